The standard InChI is InChI=1S/C24H21ClN2O4/c1-14-7-4-5-8-16(14)22-18-13-15(25)11-12-17(18)23(31-22)27-24(28)26-21-19(29-2)9-6-10-20(21)30-3/h4-13H,1-3H3,(H2,26,27,28). The number of rotatable bonds is 5. The minimum Gasteiger partial charge on any atom is -0.494 e. The van der Waals surface area contributed by atoms with Gasteiger partial charge in [-0.2, -0.15) is 0 Å². The number of hydrogen-bond donors (Lipinski definition) is 2. The van der Waals surface area contributed by atoms with Crippen LogP contribution in [0.15, 0.2) is 65.1 Å². The lowest BCUT2D eigenvalue weighted by molar-refractivity contribution is 0.261. The van der Waals surface area contributed by atoms with E-state index in [4.69, 9.17) is 25.5 Å². The molecule has 7 heteroatoms. The summed E-state index contributed by atoms with van der Waals surface area (Å²) in [5.41, 5.74) is 2.39. The largest absolute Gasteiger partial charge is 0.494 e. The van der Waals surface area contributed by atoms with Crippen LogP contribution in [-0.4, -0.2) is 20.3 Å². The second-order valence-electron chi connectivity index (χ2n) is 6.88. The zero-order chi connectivity index (χ0) is 22.0. The number of aryl methyl sites for hydroxylation is 1. The third-order valence-electron chi connectivity index (χ3n) is 4.96. The molecule has 2 N–H and O–H groups in total. The summed E-state index contributed by atoms with van der Waals surface area (Å²) in [7, 11) is 3.05. The van der Waals surface area contributed by atoms with Gasteiger partial charge in [0.25, 0.3) is 0 Å². The van der Waals surface area contributed by atoms with Crippen LogP contribution >= 0.6 is 11.6 Å². The number of urea groups is 1. The molecule has 0 aliphatic carbocycles. The molecule has 6 nitrogen and oxygen atoms in total. The maximum Gasteiger partial charge on any atom is 0.326 e. The van der Waals surface area contributed by atoms with E-state index in [0.717, 1.165) is 21.9 Å². The zero-order valence-electron chi connectivity index (χ0n) is 17.3. The highest BCUT2D eigenvalue weighted by atomic mass is 35.5. The van der Waals surface area contributed by atoms with E-state index in [1.54, 1.807) is 24.3 Å². The van der Waals surface area contributed by atoms with Crippen LogP contribution in [-0.2, 0) is 0 Å². The molecule has 0 fully saturated rings. The summed E-state index contributed by atoms with van der Waals surface area (Å²) < 4.78 is 16.8. The number of anilines is 2. The van der Waals surface area contributed by atoms with Gasteiger partial charge in [-0.15, -0.1) is 0 Å². The predicted molar refractivity (Wildman–Crippen MR) is 124 cm³/mol. The zero-order valence-corrected chi connectivity index (χ0v) is 18.0. The normalized spacial score (nSPS) is 10.7. The van der Waals surface area contributed by atoms with Crippen molar-refractivity contribution in [3.05, 3.63) is 71.2 Å². The molecule has 3 aromatic carbocycles. The van der Waals surface area contributed by atoms with Crippen molar-refractivity contribution in [2.45, 2.75) is 6.92 Å². The van der Waals surface area contributed by atoms with Gasteiger partial charge < -0.3 is 19.2 Å². The number of fused-ring (bicyclic) bond motifs is 1. The number of carbonyl (C=O) groups excluding carboxylic acids is 1. The number of para-hydroxylation sites is 1. The summed E-state index contributed by atoms with van der Waals surface area (Å²) in [6.07, 6.45) is 0. The maximum atomic E-state index is 12.8. The van der Waals surface area contributed by atoms with Crippen LogP contribution in [0.3, 0.4) is 0 Å². The van der Waals surface area contributed by atoms with Crippen molar-refractivity contribution in [2.24, 2.45) is 0 Å². The highest BCUT2D eigenvalue weighted by Gasteiger charge is 2.20. The minimum atomic E-state index is -0.496. The molecule has 158 valence electrons. The number of benzene rings is 3. The minimum absolute atomic E-state index is 0.316. The summed E-state index contributed by atoms with van der Waals surface area (Å²) in [4.78, 5) is 12.8. The Balaban J connectivity index is 1.72. The first-order valence-corrected chi connectivity index (χ1v) is 9.96. The number of halogens is 1. The van der Waals surface area contributed by atoms with Crippen molar-refractivity contribution in [1.29, 1.82) is 0 Å². The average molecular weight is 437 g/mol. The second kappa shape index (κ2) is 8.62. The van der Waals surface area contributed by atoms with E-state index in [-0.39, 0.29) is 0 Å². The lowest BCUT2D eigenvalue weighted by Gasteiger charge is -2.14. The molecule has 0 saturated carbocycles. The molecular formula is C24H21ClN2O4. The molecule has 1 aromatic heterocycles. The van der Waals surface area contributed by atoms with Crippen molar-refractivity contribution >= 4 is 40.0 Å². The molecule has 0 spiro atoms. The first kappa shape index (κ1) is 20.6. The van der Waals surface area contributed by atoms with Crippen LogP contribution in [0.25, 0.3) is 22.1 Å². The Morgan fingerprint density at radius 2 is 1.61 bits per heavy atom. The van der Waals surface area contributed by atoms with E-state index in [2.05, 4.69) is 10.6 Å². The number of methoxy groups -OCH3 is 2. The van der Waals surface area contributed by atoms with E-state index >= 15 is 0 Å². The van der Waals surface area contributed by atoms with E-state index in [1.165, 1.54) is 14.2 Å². The Morgan fingerprint density at radius 1 is 0.903 bits per heavy atom. The van der Waals surface area contributed by atoms with Crippen LogP contribution in [0.4, 0.5) is 16.4 Å². The van der Waals surface area contributed by atoms with E-state index in [0.29, 0.717) is 33.9 Å². The Labute approximate surface area is 184 Å². The molecule has 0 radical (unpaired) electrons. The summed E-state index contributed by atoms with van der Waals surface area (Å²) in [6.45, 7) is 2.00. The summed E-state index contributed by atoms with van der Waals surface area (Å²) in [5.74, 6) is 1.91. The monoisotopic (exact) mass is 436 g/mol. The molecule has 0 atom stereocenters. The Bertz CT molecular complexity index is 1240. The fraction of sp³-hybridized carbons (Fsp3) is 0.125. The van der Waals surface area contributed by atoms with Gasteiger partial charge in [-0.1, -0.05) is 41.9 Å². The van der Waals surface area contributed by atoms with Gasteiger partial charge in [0.2, 0.25) is 5.88 Å². The van der Waals surface area contributed by atoms with Crippen LogP contribution in [0.5, 0.6) is 11.5 Å². The third-order valence-corrected chi connectivity index (χ3v) is 5.19. The van der Waals surface area contributed by atoms with Crippen LogP contribution in [0, 0.1) is 6.92 Å². The quantitative estimate of drug-likeness (QED) is 0.364. The number of furan rings is 1. The van der Waals surface area contributed by atoms with Crippen molar-refractivity contribution < 1.29 is 18.7 Å². The topological polar surface area (TPSA) is 72.7 Å². The molecule has 0 aliphatic rings. The van der Waals surface area contributed by atoms with Crippen molar-refractivity contribution in [3.8, 4) is 22.8 Å². The van der Waals surface area contributed by atoms with Gasteiger partial charge in [-0.25, -0.2) is 4.79 Å². The van der Waals surface area contributed by atoms with Crippen LogP contribution in [0.2, 0.25) is 5.02 Å². The first-order chi connectivity index (χ1) is 15.0. The predicted octanol–water partition coefficient (Wildman–Crippen LogP) is 6.72. The summed E-state index contributed by atoms with van der Waals surface area (Å²) in [5, 5.41) is 7.71. The van der Waals surface area contributed by atoms with E-state index < -0.39 is 6.03 Å². The molecule has 31 heavy (non-hydrogen) atoms. The SMILES string of the molecule is COc1cccc(OC)c1NC(=O)Nc1oc(-c2ccccc2C)c2cc(Cl)ccc12. The molecule has 0 bridgehead atoms. The fourth-order valence-electron chi connectivity index (χ4n) is 3.46. The maximum absolute atomic E-state index is 12.8. The van der Waals surface area contributed by atoms with Gasteiger partial charge in [0.15, 0.2) is 0 Å². The smallest absolute Gasteiger partial charge is 0.326 e. The van der Waals surface area contributed by atoms with Gasteiger partial charge in [-0.05, 0) is 42.8 Å². The van der Waals surface area contributed by atoms with Gasteiger partial charge in [0, 0.05) is 21.4 Å². The third kappa shape index (κ3) is 4.02. The van der Waals surface area contributed by atoms with Crippen molar-refractivity contribution in [2.75, 3.05) is 24.9 Å². The van der Waals surface area contributed by atoms with Crippen molar-refractivity contribution in [3.63, 3.8) is 0 Å². The number of hydrogen-bond acceptors (Lipinski definition) is 4. The van der Waals surface area contributed by atoms with Crippen LogP contribution in [0.1, 0.15) is 5.56 Å². The molecule has 2 amide bonds. The van der Waals surface area contributed by atoms with E-state index in [1.807, 2.05) is 43.3 Å². The van der Waals surface area contributed by atoms with Gasteiger partial charge in [0.1, 0.15) is 22.9 Å². The molecular weight excluding hydrogens is 416 g/mol. The van der Waals surface area contributed by atoms with Crippen LogP contribution < -0.4 is 20.1 Å². The van der Waals surface area contributed by atoms with E-state index in [9.17, 15) is 4.79 Å². The highest BCUT2D eigenvalue weighted by molar-refractivity contribution is 6.31. The summed E-state index contributed by atoms with van der Waals surface area (Å²) >= 11 is 6.24. The Kier molecular flexibility index (Phi) is 5.73. The average Bonchev–Trinajstić information content (AvgIpc) is 3.11. The number of nitrogens with one attached hydrogen (secondary N) is 2. The van der Waals surface area contributed by atoms with Gasteiger partial charge in [-0.3, -0.25) is 5.32 Å². The molecule has 0 aliphatic heterocycles. The highest BCUT2D eigenvalue weighted by Crippen LogP contribution is 2.40. The molecule has 0 saturated heterocycles. The van der Waals surface area contributed by atoms with Gasteiger partial charge in [0.05, 0.1) is 14.2 Å². The number of amides is 2. The summed E-state index contributed by atoms with van der Waals surface area (Å²) in [6, 6.07) is 18.0. The number of ether oxygens (including phenoxy) is 2. The Morgan fingerprint density at radius 3 is 2.29 bits per heavy atom. The molecule has 0 unspecified atom stereocenters. The number of carbonyl (C=O) groups is 1. The lowest BCUT2D eigenvalue weighted by atomic mass is 10.0. The fourth-order valence-corrected chi connectivity index (χ4v) is 3.63. The van der Waals surface area contributed by atoms with Gasteiger partial charge >= 0.3 is 6.03 Å². The first-order valence-electron chi connectivity index (χ1n) is 9.59. The molecule has 4 rings (SSSR count). The van der Waals surface area contributed by atoms with Crippen molar-refractivity contribution in [1.82, 2.24) is 0 Å². The molecule has 4 aromatic rings. The molecule has 1 heterocycles. The second-order valence-corrected chi connectivity index (χ2v) is 7.32. The Hall–Kier alpha value is -3.64. The lowest BCUT2D eigenvalue weighted by Crippen LogP contribution is -2.20.